The van der Waals surface area contributed by atoms with Crippen LogP contribution in [-0.4, -0.2) is 16.3 Å². The van der Waals surface area contributed by atoms with Crippen LogP contribution < -0.4 is 0 Å². The van der Waals surface area contributed by atoms with E-state index in [1.807, 2.05) is 0 Å². The van der Waals surface area contributed by atoms with Crippen LogP contribution in [-0.2, 0) is 0 Å². The number of carbonyl (C=O) groups is 1. The molecule has 1 aromatic rings. The monoisotopic (exact) mass is 201 g/mol. The lowest BCUT2D eigenvalue weighted by Crippen LogP contribution is -1.91. The van der Waals surface area contributed by atoms with Crippen LogP contribution in [0.25, 0.3) is 0 Å². The van der Waals surface area contributed by atoms with E-state index in [2.05, 4.69) is 0 Å². The van der Waals surface area contributed by atoms with Gasteiger partial charge in [0, 0.05) is 11.6 Å². The van der Waals surface area contributed by atoms with Gasteiger partial charge in [0.05, 0.1) is 4.92 Å². The summed E-state index contributed by atoms with van der Waals surface area (Å²) in [6.07, 6.45) is 0.409. The third-order valence-corrected chi connectivity index (χ3v) is 1.85. The van der Waals surface area contributed by atoms with Gasteiger partial charge in [-0.25, -0.2) is 0 Å². The number of nitro benzene ring substituents is 1. The van der Waals surface area contributed by atoms with E-state index in [4.69, 9.17) is 16.7 Å². The van der Waals surface area contributed by atoms with Gasteiger partial charge < -0.3 is 5.11 Å². The van der Waals surface area contributed by atoms with Crippen LogP contribution in [0.5, 0.6) is 5.75 Å². The fourth-order valence-electron chi connectivity index (χ4n) is 0.808. The Labute approximate surface area is 77.7 Å². The van der Waals surface area contributed by atoms with Gasteiger partial charge in [0.1, 0.15) is 5.02 Å². The minimum absolute atomic E-state index is 0.0183. The molecule has 0 spiro atoms. The normalized spacial score (nSPS) is 9.62. The van der Waals surface area contributed by atoms with Crippen LogP contribution in [0.3, 0.4) is 0 Å². The van der Waals surface area contributed by atoms with Gasteiger partial charge in [-0.1, -0.05) is 11.6 Å². The predicted molar refractivity (Wildman–Crippen MR) is 45.2 cm³/mol. The van der Waals surface area contributed by atoms with E-state index in [0.717, 1.165) is 6.07 Å². The lowest BCUT2D eigenvalue weighted by atomic mass is 10.2. The molecule has 0 aromatic heterocycles. The number of rotatable bonds is 2. The summed E-state index contributed by atoms with van der Waals surface area (Å²) in [5.41, 5.74) is -0.500. The number of aromatic hydroxyl groups is 1. The molecule has 0 saturated heterocycles. The molecule has 1 N–H and O–H groups in total. The molecule has 0 saturated carbocycles. The van der Waals surface area contributed by atoms with Gasteiger partial charge in [-0.15, -0.1) is 0 Å². The topological polar surface area (TPSA) is 80.4 Å². The average molecular weight is 202 g/mol. The summed E-state index contributed by atoms with van der Waals surface area (Å²) in [5, 5.41) is 19.1. The van der Waals surface area contributed by atoms with Crippen LogP contribution >= 0.6 is 11.6 Å². The first-order valence-electron chi connectivity index (χ1n) is 3.19. The van der Waals surface area contributed by atoms with Crippen LogP contribution in [0, 0.1) is 10.1 Å². The van der Waals surface area contributed by atoms with Crippen molar-refractivity contribution in [2.45, 2.75) is 0 Å². The SMILES string of the molecule is O=Cc1ccc([N+](=O)[O-])c(O)c1Cl. The molecule has 0 unspecified atom stereocenters. The lowest BCUT2D eigenvalue weighted by Gasteiger charge is -1.99. The Morgan fingerprint density at radius 1 is 1.54 bits per heavy atom. The Morgan fingerprint density at radius 3 is 2.62 bits per heavy atom. The highest BCUT2D eigenvalue weighted by Gasteiger charge is 2.18. The van der Waals surface area contributed by atoms with Gasteiger partial charge in [-0.3, -0.25) is 14.9 Å². The maximum atomic E-state index is 10.3. The molecule has 13 heavy (non-hydrogen) atoms. The van der Waals surface area contributed by atoms with Crippen molar-refractivity contribution in [2.24, 2.45) is 0 Å². The smallest absolute Gasteiger partial charge is 0.312 e. The van der Waals surface area contributed by atoms with E-state index >= 15 is 0 Å². The molecule has 68 valence electrons. The number of nitro groups is 1. The lowest BCUT2D eigenvalue weighted by molar-refractivity contribution is -0.385. The van der Waals surface area contributed by atoms with Crippen molar-refractivity contribution < 1.29 is 14.8 Å². The molecule has 0 aliphatic heterocycles. The molecule has 1 rings (SSSR count). The molecule has 0 amide bonds. The second-order valence-electron chi connectivity index (χ2n) is 2.21. The highest BCUT2D eigenvalue weighted by Crippen LogP contribution is 2.35. The Hall–Kier alpha value is -1.62. The van der Waals surface area contributed by atoms with Crippen molar-refractivity contribution >= 4 is 23.6 Å². The summed E-state index contributed by atoms with van der Waals surface area (Å²) in [5.74, 6) is -0.684. The highest BCUT2D eigenvalue weighted by atomic mass is 35.5. The maximum absolute atomic E-state index is 10.3. The number of phenols is 1. The summed E-state index contributed by atoms with van der Waals surface area (Å²) in [7, 11) is 0. The zero-order chi connectivity index (χ0) is 10.0. The van der Waals surface area contributed by atoms with Crippen molar-refractivity contribution in [1.29, 1.82) is 0 Å². The minimum Gasteiger partial charge on any atom is -0.501 e. The first-order chi connectivity index (χ1) is 6.07. The van der Waals surface area contributed by atoms with E-state index in [0.29, 0.717) is 6.29 Å². The van der Waals surface area contributed by atoms with Gasteiger partial charge in [-0.05, 0) is 6.07 Å². The predicted octanol–water partition coefficient (Wildman–Crippen LogP) is 1.77. The second kappa shape index (κ2) is 3.40. The number of hydrogen-bond acceptors (Lipinski definition) is 4. The number of halogens is 1. The van der Waals surface area contributed by atoms with Gasteiger partial charge in [0.25, 0.3) is 0 Å². The quantitative estimate of drug-likeness (QED) is 0.449. The maximum Gasteiger partial charge on any atom is 0.312 e. The third-order valence-electron chi connectivity index (χ3n) is 1.45. The number of hydrogen-bond donors (Lipinski definition) is 1. The first-order valence-corrected chi connectivity index (χ1v) is 3.56. The Kier molecular flexibility index (Phi) is 2.48. The first kappa shape index (κ1) is 9.47. The largest absolute Gasteiger partial charge is 0.501 e. The molecule has 6 heteroatoms. The summed E-state index contributed by atoms with van der Waals surface area (Å²) in [4.78, 5) is 19.8. The zero-order valence-electron chi connectivity index (χ0n) is 6.23. The van der Waals surface area contributed by atoms with E-state index in [9.17, 15) is 14.9 Å². The molecule has 0 aliphatic rings. The van der Waals surface area contributed by atoms with Gasteiger partial charge in [-0.2, -0.15) is 0 Å². The Balaban J connectivity index is 3.39. The fourth-order valence-corrected chi connectivity index (χ4v) is 1.01. The average Bonchev–Trinajstić information content (AvgIpc) is 2.09. The van der Waals surface area contributed by atoms with Crippen LogP contribution in [0.4, 0.5) is 5.69 Å². The summed E-state index contributed by atoms with van der Waals surface area (Å²) in [6.45, 7) is 0. The standard InChI is InChI=1S/C7H4ClNO4/c8-6-4(3-10)1-2-5(7(6)11)9(12)13/h1-3,11H. The fraction of sp³-hybridized carbons (Fsp3) is 0. The number of benzene rings is 1. The van der Waals surface area contributed by atoms with E-state index in [-0.39, 0.29) is 10.6 Å². The molecular weight excluding hydrogens is 198 g/mol. The molecule has 0 aliphatic carbocycles. The second-order valence-corrected chi connectivity index (χ2v) is 2.59. The number of aldehydes is 1. The van der Waals surface area contributed by atoms with Crippen LogP contribution in [0.15, 0.2) is 12.1 Å². The molecule has 0 fully saturated rings. The van der Waals surface area contributed by atoms with Crippen LogP contribution in [0.1, 0.15) is 10.4 Å². The van der Waals surface area contributed by atoms with Crippen molar-refractivity contribution in [3.05, 3.63) is 32.8 Å². The van der Waals surface area contributed by atoms with Crippen molar-refractivity contribution in [2.75, 3.05) is 0 Å². The summed E-state index contributed by atoms with van der Waals surface area (Å²) < 4.78 is 0. The Morgan fingerprint density at radius 2 is 2.15 bits per heavy atom. The van der Waals surface area contributed by atoms with Crippen molar-refractivity contribution in [3.8, 4) is 5.75 Å². The summed E-state index contributed by atoms with van der Waals surface area (Å²) >= 11 is 5.46. The zero-order valence-corrected chi connectivity index (χ0v) is 6.99. The molecule has 0 atom stereocenters. The summed E-state index contributed by atoms with van der Waals surface area (Å²) in [6, 6.07) is 2.19. The van der Waals surface area contributed by atoms with Crippen molar-refractivity contribution in [3.63, 3.8) is 0 Å². The molecule has 0 heterocycles. The molecule has 1 aromatic carbocycles. The number of phenolic OH excluding ortho intramolecular Hbond substituents is 1. The van der Waals surface area contributed by atoms with Gasteiger partial charge in [0.15, 0.2) is 6.29 Å². The van der Waals surface area contributed by atoms with Gasteiger partial charge in [0.2, 0.25) is 5.75 Å². The van der Waals surface area contributed by atoms with E-state index < -0.39 is 16.4 Å². The van der Waals surface area contributed by atoms with E-state index in [1.165, 1.54) is 6.07 Å². The highest BCUT2D eigenvalue weighted by molar-refractivity contribution is 6.34. The molecular formula is C7H4ClNO4. The van der Waals surface area contributed by atoms with Gasteiger partial charge >= 0.3 is 5.69 Å². The number of nitrogens with zero attached hydrogens (tertiary/aromatic N) is 1. The molecule has 5 nitrogen and oxygen atoms in total. The Bertz CT molecular complexity index is 377. The number of carbonyl (C=O) groups excluding carboxylic acids is 1. The minimum atomic E-state index is -0.782. The van der Waals surface area contributed by atoms with Crippen molar-refractivity contribution in [1.82, 2.24) is 0 Å². The van der Waals surface area contributed by atoms with Crippen LogP contribution in [0.2, 0.25) is 5.02 Å². The van der Waals surface area contributed by atoms with E-state index in [1.54, 1.807) is 0 Å². The molecule has 0 bridgehead atoms. The third kappa shape index (κ3) is 1.59. The molecule has 0 radical (unpaired) electrons.